The quantitative estimate of drug-likeness (QED) is 0.320. The number of hydrogen-bond acceptors (Lipinski definition) is 5. The zero-order valence-electron chi connectivity index (χ0n) is 20.7. The SMILES string of the molecule is Cc1ccc2cc(CN(CC3CCCO3)C(=O)CCn3nc(C)cc3C)c(-c3cccs3)nc2c1. The summed E-state index contributed by atoms with van der Waals surface area (Å²) in [5.74, 6) is 0.120. The molecule has 1 unspecified atom stereocenters. The van der Waals surface area contributed by atoms with Crippen molar-refractivity contribution in [2.24, 2.45) is 0 Å². The van der Waals surface area contributed by atoms with Crippen molar-refractivity contribution in [2.45, 2.75) is 59.2 Å². The number of ether oxygens (including phenoxy) is 1. The first-order chi connectivity index (χ1) is 17.0. The Bertz CT molecular complexity index is 1320. The fraction of sp³-hybridized carbons (Fsp3) is 0.393. The molecule has 5 rings (SSSR count). The number of aryl methyl sites for hydroxylation is 4. The molecular formula is C28H32N4O2S. The zero-order chi connectivity index (χ0) is 24.4. The minimum absolute atomic E-state index is 0.0916. The fourth-order valence-electron chi connectivity index (χ4n) is 4.82. The van der Waals surface area contributed by atoms with Crippen LogP contribution in [0, 0.1) is 20.8 Å². The van der Waals surface area contributed by atoms with Crippen molar-refractivity contribution < 1.29 is 9.53 Å². The molecule has 0 spiro atoms. The van der Waals surface area contributed by atoms with E-state index in [-0.39, 0.29) is 12.0 Å². The van der Waals surface area contributed by atoms with Gasteiger partial charge in [-0.2, -0.15) is 5.10 Å². The number of benzene rings is 1. The Kier molecular flexibility index (Phi) is 6.97. The van der Waals surface area contributed by atoms with Crippen molar-refractivity contribution in [3.63, 3.8) is 0 Å². The van der Waals surface area contributed by atoms with E-state index in [0.717, 1.165) is 57.9 Å². The van der Waals surface area contributed by atoms with Crippen molar-refractivity contribution in [3.8, 4) is 10.6 Å². The van der Waals surface area contributed by atoms with E-state index in [1.807, 2.05) is 29.5 Å². The second-order valence-electron chi connectivity index (χ2n) is 9.48. The number of carbonyl (C=O) groups excluding carboxylic acids is 1. The summed E-state index contributed by atoms with van der Waals surface area (Å²) in [6, 6.07) is 14.8. The van der Waals surface area contributed by atoms with E-state index in [1.54, 1.807) is 11.3 Å². The summed E-state index contributed by atoms with van der Waals surface area (Å²) in [4.78, 5) is 21.7. The molecular weight excluding hydrogens is 456 g/mol. The number of thiophene rings is 1. The predicted molar refractivity (Wildman–Crippen MR) is 141 cm³/mol. The van der Waals surface area contributed by atoms with Crippen LogP contribution in [0.2, 0.25) is 0 Å². The Labute approximate surface area is 210 Å². The standard InChI is InChI=1S/C28H32N4O2S/c1-19-8-9-22-16-23(28(29-25(22)14-19)26-7-5-13-35-26)17-31(18-24-6-4-12-34-24)27(33)10-11-32-21(3)15-20(2)30-32/h5,7-9,13-16,24H,4,6,10-12,17-18H2,1-3H3. The van der Waals surface area contributed by atoms with E-state index in [1.165, 1.54) is 5.56 Å². The maximum Gasteiger partial charge on any atom is 0.224 e. The maximum atomic E-state index is 13.5. The van der Waals surface area contributed by atoms with Crippen molar-refractivity contribution in [2.75, 3.05) is 13.2 Å². The summed E-state index contributed by atoms with van der Waals surface area (Å²) in [6.45, 7) is 8.57. The van der Waals surface area contributed by atoms with Gasteiger partial charge in [-0.15, -0.1) is 11.3 Å². The molecule has 182 valence electrons. The highest BCUT2D eigenvalue weighted by Gasteiger charge is 2.24. The molecule has 3 aromatic heterocycles. The Morgan fingerprint density at radius 2 is 2.09 bits per heavy atom. The van der Waals surface area contributed by atoms with Gasteiger partial charge in [0.2, 0.25) is 5.91 Å². The van der Waals surface area contributed by atoms with Crippen LogP contribution in [0.4, 0.5) is 0 Å². The smallest absolute Gasteiger partial charge is 0.224 e. The number of carbonyl (C=O) groups is 1. The Morgan fingerprint density at radius 1 is 1.20 bits per heavy atom. The first-order valence-corrected chi connectivity index (χ1v) is 13.2. The van der Waals surface area contributed by atoms with Gasteiger partial charge in [0.25, 0.3) is 0 Å². The van der Waals surface area contributed by atoms with E-state index in [0.29, 0.717) is 26.1 Å². The molecule has 0 radical (unpaired) electrons. The molecule has 35 heavy (non-hydrogen) atoms. The van der Waals surface area contributed by atoms with Crippen LogP contribution in [0.25, 0.3) is 21.5 Å². The minimum atomic E-state index is 0.0916. The normalized spacial score (nSPS) is 15.7. The third kappa shape index (κ3) is 5.46. The Morgan fingerprint density at radius 3 is 2.80 bits per heavy atom. The molecule has 1 aromatic carbocycles. The Hall–Kier alpha value is -3.03. The second kappa shape index (κ2) is 10.3. The van der Waals surface area contributed by atoms with Gasteiger partial charge in [0, 0.05) is 43.7 Å². The lowest BCUT2D eigenvalue weighted by Crippen LogP contribution is -2.37. The van der Waals surface area contributed by atoms with E-state index in [4.69, 9.17) is 9.72 Å². The molecule has 0 N–H and O–H groups in total. The molecule has 0 saturated carbocycles. The average Bonchev–Trinajstić information content (AvgIpc) is 3.60. The largest absolute Gasteiger partial charge is 0.376 e. The summed E-state index contributed by atoms with van der Waals surface area (Å²) >= 11 is 1.68. The molecule has 1 fully saturated rings. The van der Waals surface area contributed by atoms with Crippen LogP contribution in [-0.4, -0.2) is 44.8 Å². The number of aromatic nitrogens is 3. The van der Waals surface area contributed by atoms with Crippen LogP contribution in [0.5, 0.6) is 0 Å². The van der Waals surface area contributed by atoms with Crippen LogP contribution in [0.1, 0.15) is 41.8 Å². The first-order valence-electron chi connectivity index (χ1n) is 12.3. The number of fused-ring (bicyclic) bond motifs is 1. The van der Waals surface area contributed by atoms with Gasteiger partial charge in [0.15, 0.2) is 0 Å². The summed E-state index contributed by atoms with van der Waals surface area (Å²) in [5, 5.41) is 7.70. The van der Waals surface area contributed by atoms with Crippen LogP contribution < -0.4 is 0 Å². The van der Waals surface area contributed by atoms with Gasteiger partial charge in [-0.25, -0.2) is 4.98 Å². The van der Waals surface area contributed by atoms with E-state index in [2.05, 4.69) is 53.8 Å². The van der Waals surface area contributed by atoms with Gasteiger partial charge < -0.3 is 9.64 Å². The highest BCUT2D eigenvalue weighted by molar-refractivity contribution is 7.13. The fourth-order valence-corrected chi connectivity index (χ4v) is 5.57. The van der Waals surface area contributed by atoms with Crippen molar-refractivity contribution in [1.82, 2.24) is 19.7 Å². The van der Waals surface area contributed by atoms with Gasteiger partial charge in [-0.3, -0.25) is 9.48 Å². The first kappa shape index (κ1) is 23.7. The molecule has 1 atom stereocenters. The maximum absolute atomic E-state index is 13.5. The number of pyridine rings is 1. The monoisotopic (exact) mass is 488 g/mol. The molecule has 0 aliphatic carbocycles. The van der Waals surface area contributed by atoms with E-state index < -0.39 is 0 Å². The molecule has 0 bridgehead atoms. The molecule has 4 heterocycles. The van der Waals surface area contributed by atoms with Gasteiger partial charge in [0.05, 0.1) is 27.9 Å². The number of amides is 1. The topological polar surface area (TPSA) is 60.2 Å². The predicted octanol–water partition coefficient (Wildman–Crippen LogP) is 5.68. The van der Waals surface area contributed by atoms with Gasteiger partial charge >= 0.3 is 0 Å². The third-order valence-electron chi connectivity index (χ3n) is 6.61. The summed E-state index contributed by atoms with van der Waals surface area (Å²) in [5.41, 5.74) is 6.26. The molecule has 1 aliphatic heterocycles. The zero-order valence-corrected chi connectivity index (χ0v) is 21.5. The molecule has 6 nitrogen and oxygen atoms in total. The van der Waals surface area contributed by atoms with Gasteiger partial charge in [-0.05, 0) is 74.4 Å². The summed E-state index contributed by atoms with van der Waals surface area (Å²) in [7, 11) is 0. The number of hydrogen-bond donors (Lipinski definition) is 0. The Balaban J connectivity index is 1.45. The van der Waals surface area contributed by atoms with Gasteiger partial charge in [-0.1, -0.05) is 18.2 Å². The summed E-state index contributed by atoms with van der Waals surface area (Å²) in [6.07, 6.45) is 2.54. The lowest BCUT2D eigenvalue weighted by Gasteiger charge is -2.27. The van der Waals surface area contributed by atoms with Crippen LogP contribution >= 0.6 is 11.3 Å². The molecule has 1 saturated heterocycles. The number of rotatable bonds is 8. The lowest BCUT2D eigenvalue weighted by molar-refractivity contribution is -0.133. The third-order valence-corrected chi connectivity index (χ3v) is 7.49. The minimum Gasteiger partial charge on any atom is -0.376 e. The van der Waals surface area contributed by atoms with Crippen molar-refractivity contribution in [3.05, 3.63) is 70.4 Å². The second-order valence-corrected chi connectivity index (χ2v) is 10.4. The highest BCUT2D eigenvalue weighted by Crippen LogP contribution is 2.31. The molecule has 1 amide bonds. The van der Waals surface area contributed by atoms with Crippen LogP contribution in [0.3, 0.4) is 0 Å². The van der Waals surface area contributed by atoms with Gasteiger partial charge in [0.1, 0.15) is 0 Å². The highest BCUT2D eigenvalue weighted by atomic mass is 32.1. The lowest BCUT2D eigenvalue weighted by atomic mass is 10.1. The molecule has 7 heteroatoms. The van der Waals surface area contributed by atoms with Crippen molar-refractivity contribution >= 4 is 28.1 Å². The van der Waals surface area contributed by atoms with Crippen molar-refractivity contribution in [1.29, 1.82) is 0 Å². The molecule has 1 aliphatic rings. The number of nitrogens with zero attached hydrogens (tertiary/aromatic N) is 4. The van der Waals surface area contributed by atoms with E-state index >= 15 is 0 Å². The van der Waals surface area contributed by atoms with E-state index in [9.17, 15) is 4.79 Å². The average molecular weight is 489 g/mol. The van der Waals surface area contributed by atoms with Crippen LogP contribution in [0.15, 0.2) is 47.8 Å². The summed E-state index contributed by atoms with van der Waals surface area (Å²) < 4.78 is 7.84. The van der Waals surface area contributed by atoms with Crippen LogP contribution in [-0.2, 0) is 22.6 Å². The molecule has 4 aromatic rings.